The molecule has 12 rings (SSSR count). The number of benzene rings is 2. The van der Waals surface area contributed by atoms with E-state index in [-0.39, 0.29) is 48.6 Å². The molecule has 6 aliphatic rings. The van der Waals surface area contributed by atoms with Gasteiger partial charge in [0.15, 0.2) is 17.4 Å². The molecule has 9 heterocycles. The number of aryl methyl sites for hydroxylation is 1. The van der Waals surface area contributed by atoms with E-state index in [2.05, 4.69) is 67.7 Å². The summed E-state index contributed by atoms with van der Waals surface area (Å²) < 4.78 is 12.5. The summed E-state index contributed by atoms with van der Waals surface area (Å²) in [7, 11) is 0. The molecule has 2 unspecified atom stereocenters. The van der Waals surface area contributed by atoms with E-state index in [9.17, 15) is 19.8 Å². The average Bonchev–Trinajstić information content (AvgIpc) is 4.28. The highest BCUT2D eigenvalue weighted by molar-refractivity contribution is 7.13. The number of nitrogen functional groups attached to an aromatic ring is 1. The second-order valence-electron chi connectivity index (χ2n) is 24.0. The van der Waals surface area contributed by atoms with Crippen LogP contribution in [0.3, 0.4) is 0 Å². The van der Waals surface area contributed by atoms with E-state index in [4.69, 9.17) is 15.0 Å². The van der Waals surface area contributed by atoms with Crippen molar-refractivity contribution in [1.82, 2.24) is 45.8 Å². The number of hydrogen-bond donors (Lipinski definition) is 5. The van der Waals surface area contributed by atoms with E-state index in [1.54, 1.807) is 28.4 Å². The largest absolute Gasteiger partial charge is 0.507 e. The van der Waals surface area contributed by atoms with E-state index < -0.39 is 18.1 Å². The highest BCUT2D eigenvalue weighted by Crippen LogP contribution is 2.41. The quantitative estimate of drug-likeness (QED) is 0.0594. The normalized spacial score (nSPS) is 24.4. The van der Waals surface area contributed by atoms with E-state index in [0.29, 0.717) is 58.8 Å². The molecule has 2 amide bonds. The number of rotatable bonds is 17. The number of para-hydroxylation sites is 1. The maximum atomic E-state index is 14.4. The highest BCUT2D eigenvalue weighted by atomic mass is 32.1. The predicted molar refractivity (Wildman–Crippen MR) is 313 cm³/mol. The number of aromatic hydroxyl groups is 1. The first-order valence-electron chi connectivity index (χ1n) is 29.3. The number of hydrogen-bond acceptors (Lipinski definition) is 18. The number of anilines is 4. The minimum Gasteiger partial charge on any atom is -0.507 e. The van der Waals surface area contributed by atoms with Crippen LogP contribution >= 0.6 is 11.3 Å². The maximum absolute atomic E-state index is 14.4. The van der Waals surface area contributed by atoms with Gasteiger partial charge < -0.3 is 60.3 Å². The van der Waals surface area contributed by atoms with Crippen LogP contribution in [-0.2, 0) is 9.59 Å². The van der Waals surface area contributed by atoms with Crippen molar-refractivity contribution >= 4 is 46.2 Å². The Morgan fingerprint density at radius 2 is 1.60 bits per heavy atom. The Morgan fingerprint density at radius 1 is 0.852 bits per heavy atom. The molecular weight excluding hydrogens is 1040 g/mol. The van der Waals surface area contributed by atoms with Crippen molar-refractivity contribution in [1.29, 1.82) is 0 Å². The van der Waals surface area contributed by atoms with Crippen LogP contribution in [0.25, 0.3) is 21.7 Å². The number of carbonyl (C=O) groups excluding carboxylic acids is 2. The monoisotopic (exact) mass is 1120 g/mol. The average molecular weight is 1120 g/mol. The number of aliphatic hydroxyl groups is 1. The molecular formula is C61H77N13O6S. The van der Waals surface area contributed by atoms with Gasteiger partial charge in [0, 0.05) is 99.4 Å². The molecule has 1 saturated carbocycles. The van der Waals surface area contributed by atoms with Crippen LogP contribution in [0.1, 0.15) is 108 Å². The Bertz CT molecular complexity index is 3140. The smallest absolute Gasteiger partial charge is 0.243 e. The third kappa shape index (κ3) is 11.8. The topological polar surface area (TPSA) is 228 Å². The Hall–Kier alpha value is -6.87. The number of amides is 2. The zero-order chi connectivity index (χ0) is 55.9. The van der Waals surface area contributed by atoms with Gasteiger partial charge in [0.1, 0.15) is 23.8 Å². The van der Waals surface area contributed by atoms with Crippen molar-refractivity contribution in [3.63, 3.8) is 0 Å². The van der Waals surface area contributed by atoms with Crippen LogP contribution in [0.15, 0.2) is 89.0 Å². The van der Waals surface area contributed by atoms with Crippen molar-refractivity contribution in [3.8, 4) is 33.3 Å². The summed E-state index contributed by atoms with van der Waals surface area (Å²) in [5.41, 5.74) is 14.5. The molecule has 428 valence electrons. The van der Waals surface area contributed by atoms with E-state index >= 15 is 0 Å². The van der Waals surface area contributed by atoms with Crippen LogP contribution < -0.4 is 35.8 Å². The minimum atomic E-state index is -0.800. The first-order chi connectivity index (χ1) is 39.3. The highest BCUT2D eigenvalue weighted by Gasteiger charge is 2.45. The molecule has 4 aromatic heterocycles. The molecule has 20 heteroatoms. The molecule has 81 heavy (non-hydrogen) atoms. The second-order valence-corrected chi connectivity index (χ2v) is 24.8. The van der Waals surface area contributed by atoms with Gasteiger partial charge >= 0.3 is 0 Å². The summed E-state index contributed by atoms with van der Waals surface area (Å²) in [5, 5.41) is 41.4. The number of ether oxygens (including phenoxy) is 1. The van der Waals surface area contributed by atoms with Gasteiger partial charge in [-0.1, -0.05) is 55.4 Å². The number of nitrogens with one attached hydrogen (secondary N) is 2. The van der Waals surface area contributed by atoms with Gasteiger partial charge in [0.05, 0.1) is 39.6 Å². The van der Waals surface area contributed by atoms with Crippen LogP contribution in [0.4, 0.5) is 23.0 Å². The van der Waals surface area contributed by atoms with Crippen molar-refractivity contribution in [2.24, 2.45) is 11.8 Å². The molecule has 6 fully saturated rings. The van der Waals surface area contributed by atoms with Crippen molar-refractivity contribution in [2.75, 3.05) is 72.8 Å². The number of aromatic nitrogens is 5. The Balaban J connectivity index is 0.564. The summed E-state index contributed by atoms with van der Waals surface area (Å²) in [6.07, 6.45) is 9.95. The zero-order valence-electron chi connectivity index (χ0n) is 46.9. The van der Waals surface area contributed by atoms with Crippen molar-refractivity contribution in [2.45, 2.75) is 140 Å². The lowest BCUT2D eigenvalue weighted by molar-refractivity contribution is -0.141. The summed E-state index contributed by atoms with van der Waals surface area (Å²) in [6, 6.07) is 23.9. The van der Waals surface area contributed by atoms with Gasteiger partial charge in [-0.2, -0.15) is 0 Å². The molecule has 5 aliphatic heterocycles. The molecule has 2 aromatic carbocycles. The third-order valence-electron chi connectivity index (χ3n) is 18.1. The number of β-amino-alcohol motifs (C(OH)–C–C–N with tert-alkyl or cyclic N) is 1. The number of likely N-dealkylation sites (tertiary alicyclic amines) is 2. The van der Waals surface area contributed by atoms with Crippen LogP contribution in [0.5, 0.6) is 11.6 Å². The van der Waals surface area contributed by atoms with Crippen molar-refractivity contribution in [3.05, 3.63) is 102 Å². The standard InChI is InChI=1S/C61H77N13O6S/c1-36(2)57(61(78)73-34-47(75)28-52(73)60(77)65-37(3)40-9-11-41(12-10-40)58-38(4)64-35-81-58)54-30-55(69-80-54)71-23-16-39(17-24-71)31-70-21-18-42(19-22-70)66-43-25-48(26-43)79-56-27-44(15-20-63-56)74-45-13-14-46(74)33-72(32-45)51-29-50(67-68-59(51)62)49-7-5-6-8-53(49)76/h5-12,15,20,27,29-30,35-37,39,42-43,45-48,52,57,66,75-76H,13-14,16-19,21-26,28,31-34H2,1-4H3,(H2,62,68)(H,65,77)/t37-,43?,45?,46?,47+,48?,52-,57+/m0/s1. The van der Waals surface area contributed by atoms with Gasteiger partial charge in [-0.25, -0.2) is 9.97 Å². The van der Waals surface area contributed by atoms with Crippen LogP contribution in [0, 0.1) is 18.8 Å². The second kappa shape index (κ2) is 23.5. The number of fused-ring (bicyclic) bond motifs is 2. The van der Waals surface area contributed by atoms with Gasteiger partial charge in [-0.15, -0.1) is 21.5 Å². The number of nitrogens with zero attached hydrogens (tertiary/aromatic N) is 10. The number of phenols is 1. The zero-order valence-corrected chi connectivity index (χ0v) is 47.8. The van der Waals surface area contributed by atoms with Crippen LogP contribution in [0.2, 0.25) is 0 Å². The van der Waals surface area contributed by atoms with Crippen LogP contribution in [-0.4, -0.2) is 152 Å². The number of pyridine rings is 1. The minimum absolute atomic E-state index is 0.0879. The molecule has 6 atom stereocenters. The molecule has 1 aliphatic carbocycles. The number of nitrogens with two attached hydrogens (primary N) is 1. The predicted octanol–water partition coefficient (Wildman–Crippen LogP) is 7.56. The molecule has 2 bridgehead atoms. The summed E-state index contributed by atoms with van der Waals surface area (Å²) in [6.45, 7) is 14.6. The lowest BCUT2D eigenvalue weighted by Crippen LogP contribution is -2.54. The molecule has 6 N–H and O–H groups in total. The third-order valence-corrected chi connectivity index (χ3v) is 19.1. The molecule has 6 aromatic rings. The fourth-order valence-corrected chi connectivity index (χ4v) is 14.4. The number of piperazine rings is 1. The Labute approximate surface area is 478 Å². The van der Waals surface area contributed by atoms with Gasteiger partial charge in [-0.05, 0) is 126 Å². The van der Waals surface area contributed by atoms with Crippen molar-refractivity contribution < 1.29 is 29.1 Å². The van der Waals surface area contributed by atoms with E-state index in [1.165, 1.54) is 0 Å². The maximum Gasteiger partial charge on any atom is 0.243 e. The number of thiazole rings is 1. The number of carbonyl (C=O) groups is 2. The summed E-state index contributed by atoms with van der Waals surface area (Å²) >= 11 is 1.60. The lowest BCUT2D eigenvalue weighted by atomic mass is 9.87. The van der Waals surface area contributed by atoms with Gasteiger partial charge in [-0.3, -0.25) is 9.59 Å². The summed E-state index contributed by atoms with van der Waals surface area (Å²) in [4.78, 5) is 49.7. The molecule has 5 saturated heterocycles. The number of aliphatic hydroxyl groups excluding tert-OH is 1. The number of phenolic OH excluding ortho intramolecular Hbond substituents is 1. The molecule has 0 spiro atoms. The first-order valence-corrected chi connectivity index (χ1v) is 30.2. The molecule has 19 nitrogen and oxygen atoms in total. The van der Waals surface area contributed by atoms with Gasteiger partial charge in [0.2, 0.25) is 17.7 Å². The van der Waals surface area contributed by atoms with E-state index in [1.807, 2.05) is 87.9 Å². The SMILES string of the molecule is Cc1ncsc1-c1ccc([C@H](C)NC(=O)[C@@H]2C[C@@H](O)CN2C(=O)[C@@H](c2cc(N3CCC(CN4CCC(NC5CC(Oc6cc(N7C8CCC7CN(c7cc(-c9ccccc9O)nnc7N)C8)ccn6)C5)CC4)CC3)no2)C(C)C)cc1. The van der Waals surface area contributed by atoms with E-state index in [0.717, 1.165) is 136 Å². The fourth-order valence-electron chi connectivity index (χ4n) is 13.6. The number of piperidine rings is 2. The first kappa shape index (κ1) is 54.7. The van der Waals surface area contributed by atoms with Gasteiger partial charge in [0.25, 0.3) is 0 Å². The summed E-state index contributed by atoms with van der Waals surface area (Å²) in [5.74, 6) is 1.81. The Kier molecular flexibility index (Phi) is 15.9. The fraction of sp³-hybridized carbons (Fsp3) is 0.525. The Morgan fingerprint density at radius 3 is 2.32 bits per heavy atom. The molecule has 0 radical (unpaired) electrons. The lowest BCUT2D eigenvalue weighted by Gasteiger charge is -2.43.